The molecule has 0 saturated carbocycles. The van der Waals surface area contributed by atoms with Gasteiger partial charge in [0.15, 0.2) is 0 Å². The van der Waals surface area contributed by atoms with Crippen molar-refractivity contribution in [1.82, 2.24) is 0 Å². The minimum absolute atomic E-state index is 0.0770. The minimum Gasteiger partial charge on any atom is -0.475 e. The Kier molecular flexibility index (Phi) is 6.86. The van der Waals surface area contributed by atoms with E-state index in [1.54, 1.807) is 6.92 Å². The maximum absolute atomic E-state index is 12.4. The lowest BCUT2D eigenvalue weighted by Crippen LogP contribution is -2.21. The Balaban J connectivity index is 1.68. The molecule has 29 heavy (non-hydrogen) atoms. The second-order valence-electron chi connectivity index (χ2n) is 6.48. The predicted octanol–water partition coefficient (Wildman–Crippen LogP) is 2.98. The van der Waals surface area contributed by atoms with E-state index in [-0.39, 0.29) is 29.6 Å². The van der Waals surface area contributed by atoms with Crippen molar-refractivity contribution in [1.29, 1.82) is 0 Å². The molecule has 2 N–H and O–H groups in total. The molecule has 2 aromatic rings. The van der Waals surface area contributed by atoms with Crippen LogP contribution in [0.5, 0.6) is 0 Å². The zero-order valence-corrected chi connectivity index (χ0v) is 17.5. The molecule has 0 saturated heterocycles. The Bertz CT molecular complexity index is 960. The van der Waals surface area contributed by atoms with Gasteiger partial charge in [-0.05, 0) is 50.3 Å². The molecule has 1 amide bonds. The zero-order chi connectivity index (χ0) is 21.0. The van der Waals surface area contributed by atoms with Gasteiger partial charge in [-0.25, -0.2) is 9.59 Å². The lowest BCUT2D eigenvalue weighted by atomic mass is 9.95. The van der Waals surface area contributed by atoms with Gasteiger partial charge >= 0.3 is 11.9 Å². The molecule has 1 unspecified atom stereocenters. The monoisotopic (exact) mass is 439 g/mol. The first-order chi connectivity index (χ1) is 13.9. The number of carbonyl (C=O) groups is 3. The highest BCUT2D eigenvalue weighted by atomic mass is 32.2. The number of fused-ring (bicyclic) bond motifs is 1. The summed E-state index contributed by atoms with van der Waals surface area (Å²) < 4.78 is 22.5. The first-order valence-electron chi connectivity index (χ1n) is 9.17. The van der Waals surface area contributed by atoms with Crippen LogP contribution in [0.4, 0.5) is 5.00 Å². The molecular weight excluding hydrogens is 418 g/mol. The number of amides is 1. The first-order valence-corrected chi connectivity index (χ1v) is 11.5. The highest BCUT2D eigenvalue weighted by Gasteiger charge is 2.27. The summed E-state index contributed by atoms with van der Waals surface area (Å²) in [5.74, 6) is -2.55. The summed E-state index contributed by atoms with van der Waals surface area (Å²) in [6.07, 6.45) is 3.65. The van der Waals surface area contributed by atoms with Crippen LogP contribution in [0, 0.1) is 0 Å². The Labute approximate surface area is 173 Å². The van der Waals surface area contributed by atoms with Crippen molar-refractivity contribution < 1.29 is 32.9 Å². The average Bonchev–Trinajstić information content (AvgIpc) is 3.25. The van der Waals surface area contributed by atoms with Gasteiger partial charge in [0.2, 0.25) is 11.7 Å². The Hall–Kier alpha value is -2.46. The maximum Gasteiger partial charge on any atom is 0.371 e. The molecule has 0 aromatic carbocycles. The number of nitrogens with one attached hydrogen (secondary N) is 1. The summed E-state index contributed by atoms with van der Waals surface area (Å²) in [5, 5.41) is 12.0. The molecule has 3 rings (SSSR count). The van der Waals surface area contributed by atoms with Crippen LogP contribution in [0.1, 0.15) is 56.9 Å². The van der Waals surface area contributed by atoms with Gasteiger partial charge in [0, 0.05) is 15.7 Å². The number of hydrogen-bond acceptors (Lipinski definition) is 7. The molecule has 10 heteroatoms. The van der Waals surface area contributed by atoms with Crippen molar-refractivity contribution in [2.24, 2.45) is 0 Å². The van der Waals surface area contributed by atoms with Crippen LogP contribution in [0.15, 0.2) is 16.5 Å². The van der Waals surface area contributed by atoms with E-state index in [0.717, 1.165) is 36.1 Å². The molecule has 2 heterocycles. The van der Waals surface area contributed by atoms with Crippen LogP contribution in [-0.2, 0) is 38.9 Å². The van der Waals surface area contributed by atoms with Crippen molar-refractivity contribution in [3.63, 3.8) is 0 Å². The van der Waals surface area contributed by atoms with Crippen molar-refractivity contribution >= 4 is 45.0 Å². The number of carboxylic acids is 1. The summed E-state index contributed by atoms with van der Waals surface area (Å²) in [6, 6.07) is 2.70. The average molecular weight is 440 g/mol. The maximum atomic E-state index is 12.4. The van der Waals surface area contributed by atoms with Gasteiger partial charge in [0.1, 0.15) is 16.5 Å². The number of aryl methyl sites for hydroxylation is 1. The number of esters is 1. The fraction of sp³-hybridized carbons (Fsp3) is 0.421. The summed E-state index contributed by atoms with van der Waals surface area (Å²) in [5.41, 5.74) is 1.34. The van der Waals surface area contributed by atoms with E-state index in [1.165, 1.54) is 23.5 Å². The molecule has 0 radical (unpaired) electrons. The summed E-state index contributed by atoms with van der Waals surface area (Å²) in [4.78, 5) is 36.7. The summed E-state index contributed by atoms with van der Waals surface area (Å²) in [7, 11) is -1.60. The number of hydrogen-bond donors (Lipinski definition) is 2. The second-order valence-corrected chi connectivity index (χ2v) is 9.05. The normalized spacial score (nSPS) is 14.1. The molecule has 0 aliphatic heterocycles. The van der Waals surface area contributed by atoms with Gasteiger partial charge in [-0.3, -0.25) is 9.00 Å². The molecule has 8 nitrogen and oxygen atoms in total. The summed E-state index contributed by atoms with van der Waals surface area (Å²) >= 11 is 1.37. The fourth-order valence-electron chi connectivity index (χ4n) is 3.16. The van der Waals surface area contributed by atoms with E-state index in [0.29, 0.717) is 10.6 Å². The van der Waals surface area contributed by atoms with E-state index in [4.69, 9.17) is 14.3 Å². The van der Waals surface area contributed by atoms with Crippen LogP contribution >= 0.6 is 11.3 Å². The predicted molar refractivity (Wildman–Crippen MR) is 108 cm³/mol. The van der Waals surface area contributed by atoms with Crippen LogP contribution in [-0.4, -0.2) is 39.5 Å². The molecule has 2 aromatic heterocycles. The number of carbonyl (C=O) groups excluding carboxylic acids is 2. The quantitative estimate of drug-likeness (QED) is 0.606. The number of thiophene rings is 1. The Morgan fingerprint density at radius 2 is 2.03 bits per heavy atom. The molecule has 1 aliphatic rings. The molecule has 0 bridgehead atoms. The fourth-order valence-corrected chi connectivity index (χ4v) is 5.39. The van der Waals surface area contributed by atoms with E-state index in [1.807, 2.05) is 0 Å². The van der Waals surface area contributed by atoms with Crippen LogP contribution < -0.4 is 5.32 Å². The second kappa shape index (κ2) is 9.36. The Morgan fingerprint density at radius 3 is 2.72 bits per heavy atom. The summed E-state index contributed by atoms with van der Waals surface area (Å²) in [6.45, 7) is 1.96. The highest BCUT2D eigenvalue weighted by Crippen LogP contribution is 2.38. The number of ether oxygens (including phenoxy) is 1. The smallest absolute Gasteiger partial charge is 0.371 e. The topological polar surface area (TPSA) is 123 Å². The molecule has 156 valence electrons. The van der Waals surface area contributed by atoms with Gasteiger partial charge in [-0.15, -0.1) is 11.3 Å². The van der Waals surface area contributed by atoms with Crippen LogP contribution in [0.25, 0.3) is 0 Å². The van der Waals surface area contributed by atoms with Gasteiger partial charge in [-0.2, -0.15) is 0 Å². The lowest BCUT2D eigenvalue weighted by molar-refractivity contribution is -0.113. The van der Waals surface area contributed by atoms with E-state index < -0.39 is 28.6 Å². The molecule has 0 spiro atoms. The van der Waals surface area contributed by atoms with Crippen LogP contribution in [0.3, 0.4) is 0 Å². The highest BCUT2D eigenvalue weighted by molar-refractivity contribution is 7.84. The largest absolute Gasteiger partial charge is 0.475 e. The van der Waals surface area contributed by atoms with E-state index >= 15 is 0 Å². The van der Waals surface area contributed by atoms with Crippen molar-refractivity contribution in [2.75, 3.05) is 17.7 Å². The standard InChI is InChI=1S/C19H21NO7S2/c1-2-26-19(24)16-12-5-3-4-6-14(12)28-17(16)20-15(21)10-29(25)9-11-7-8-13(27-11)18(22)23/h7-8H,2-6,9-10H2,1H3,(H,20,21)(H,22,23). The SMILES string of the molecule is CCOC(=O)c1c(NC(=O)CS(=O)Cc2ccc(C(=O)O)o2)sc2c1CCCC2. The van der Waals surface area contributed by atoms with Gasteiger partial charge < -0.3 is 19.6 Å². The Morgan fingerprint density at radius 1 is 1.28 bits per heavy atom. The van der Waals surface area contributed by atoms with Gasteiger partial charge in [0.25, 0.3) is 0 Å². The van der Waals surface area contributed by atoms with Crippen molar-refractivity contribution in [3.8, 4) is 0 Å². The number of anilines is 1. The number of carboxylic acid groups (broad SMARTS) is 1. The third kappa shape index (κ3) is 5.13. The van der Waals surface area contributed by atoms with Crippen molar-refractivity contribution in [3.05, 3.63) is 39.7 Å². The van der Waals surface area contributed by atoms with E-state index in [9.17, 15) is 18.6 Å². The molecule has 1 aliphatic carbocycles. The minimum atomic E-state index is -1.60. The lowest BCUT2D eigenvalue weighted by Gasteiger charge is -2.12. The zero-order valence-electron chi connectivity index (χ0n) is 15.8. The molecular formula is C19H21NO7S2. The van der Waals surface area contributed by atoms with Gasteiger partial charge in [-0.1, -0.05) is 0 Å². The third-order valence-corrected chi connectivity index (χ3v) is 6.77. The number of rotatable bonds is 8. The third-order valence-electron chi connectivity index (χ3n) is 4.37. The van der Waals surface area contributed by atoms with Gasteiger partial charge in [0.05, 0.1) is 17.9 Å². The van der Waals surface area contributed by atoms with E-state index in [2.05, 4.69) is 5.32 Å². The molecule has 1 atom stereocenters. The number of aromatic carboxylic acids is 1. The first kappa shape index (κ1) is 21.3. The number of furan rings is 1. The molecule has 0 fully saturated rings. The van der Waals surface area contributed by atoms with Crippen molar-refractivity contribution in [2.45, 2.75) is 38.4 Å². The van der Waals surface area contributed by atoms with Crippen LogP contribution in [0.2, 0.25) is 0 Å².